The van der Waals surface area contributed by atoms with Crippen molar-refractivity contribution in [2.24, 2.45) is 16.2 Å². The van der Waals surface area contributed by atoms with Crippen molar-refractivity contribution in [1.82, 2.24) is 4.90 Å². The van der Waals surface area contributed by atoms with Gasteiger partial charge in [0.25, 0.3) is 0 Å². The number of nitrogens with zero attached hydrogens (tertiary/aromatic N) is 2. The third-order valence-electron chi connectivity index (χ3n) is 7.43. The van der Waals surface area contributed by atoms with Crippen molar-refractivity contribution in [3.8, 4) is 0 Å². The number of para-hydroxylation sites is 1. The number of fused-ring (bicyclic) bond motifs is 2. The fourth-order valence-electron chi connectivity index (χ4n) is 7.11. The van der Waals surface area contributed by atoms with E-state index >= 15 is 0 Å². The Labute approximate surface area is 212 Å². The molecule has 0 radical (unpaired) electrons. The minimum Gasteiger partial charge on any atom is -0.340 e. The van der Waals surface area contributed by atoms with E-state index in [1.807, 2.05) is 18.2 Å². The van der Waals surface area contributed by atoms with Gasteiger partial charge in [-0.25, -0.2) is 0 Å². The molecule has 2 aromatic rings. The molecule has 1 saturated heterocycles. The van der Waals surface area contributed by atoms with Gasteiger partial charge in [0, 0.05) is 34.3 Å². The average molecular weight is 497 g/mol. The van der Waals surface area contributed by atoms with Crippen LogP contribution in [0.25, 0.3) is 0 Å². The van der Waals surface area contributed by atoms with Crippen LogP contribution in [0.3, 0.4) is 0 Å². The Kier molecular flexibility index (Phi) is 5.80. The third-order valence-corrected chi connectivity index (χ3v) is 8.80. The number of likely N-dealkylation sites (tertiary alicyclic amines) is 1. The van der Waals surface area contributed by atoms with Crippen LogP contribution in [-0.4, -0.2) is 29.8 Å². The van der Waals surface area contributed by atoms with E-state index < -0.39 is 5.41 Å². The Morgan fingerprint density at radius 1 is 0.853 bits per heavy atom. The molecule has 0 atom stereocenters. The summed E-state index contributed by atoms with van der Waals surface area (Å²) in [5.74, 6) is 0.0490. The molecule has 2 aliphatic heterocycles. The van der Waals surface area contributed by atoms with Gasteiger partial charge in [0.05, 0.1) is 16.8 Å². The van der Waals surface area contributed by atoms with Crippen LogP contribution >= 0.6 is 23.4 Å². The zero-order chi connectivity index (χ0) is 24.3. The van der Waals surface area contributed by atoms with Crippen molar-refractivity contribution in [3.05, 3.63) is 47.5 Å². The van der Waals surface area contributed by atoms with Gasteiger partial charge in [0.15, 0.2) is 0 Å². The van der Waals surface area contributed by atoms with Crippen molar-refractivity contribution >= 4 is 46.6 Å². The van der Waals surface area contributed by atoms with E-state index in [0.717, 1.165) is 30.6 Å². The number of benzene rings is 2. The highest BCUT2D eigenvalue weighted by atomic mass is 35.5. The third kappa shape index (κ3) is 4.26. The van der Waals surface area contributed by atoms with Crippen LogP contribution in [0.4, 0.5) is 11.4 Å². The lowest BCUT2D eigenvalue weighted by Crippen LogP contribution is -2.46. The molecule has 2 aromatic carbocycles. The number of hydrogen-bond acceptors (Lipinski definition) is 4. The summed E-state index contributed by atoms with van der Waals surface area (Å²) >= 11 is 8.09. The van der Waals surface area contributed by atoms with Crippen LogP contribution in [-0.2, 0) is 9.59 Å². The molecule has 2 amide bonds. The summed E-state index contributed by atoms with van der Waals surface area (Å²) in [6.45, 7) is 10.1. The maximum atomic E-state index is 13.7. The van der Waals surface area contributed by atoms with Gasteiger partial charge in [-0.2, -0.15) is 0 Å². The van der Waals surface area contributed by atoms with Crippen molar-refractivity contribution < 1.29 is 9.59 Å². The van der Waals surface area contributed by atoms with Crippen LogP contribution in [0, 0.1) is 16.2 Å². The minimum absolute atomic E-state index is 0.00320. The van der Waals surface area contributed by atoms with Gasteiger partial charge >= 0.3 is 0 Å². The topological polar surface area (TPSA) is 40.6 Å². The highest BCUT2D eigenvalue weighted by molar-refractivity contribution is 7.99. The van der Waals surface area contributed by atoms with Crippen molar-refractivity contribution in [1.29, 1.82) is 0 Å². The lowest BCUT2D eigenvalue weighted by atomic mass is 9.54. The summed E-state index contributed by atoms with van der Waals surface area (Å²) in [5, 5.41) is 0.707. The standard InChI is InChI=1S/C28H33ClN2O2S/c1-26(2)16-27(3,4)18-28(17-26)15-24(32)31(25(28)33)13-7-12-30-20-8-5-6-9-22(20)34-23-11-10-19(29)14-21(23)30/h5-6,8-11,14H,7,12-13,15-18H2,1-4H3. The summed E-state index contributed by atoms with van der Waals surface area (Å²) in [6.07, 6.45) is 3.75. The van der Waals surface area contributed by atoms with Crippen molar-refractivity contribution in [2.45, 2.75) is 69.6 Å². The number of carbonyl (C=O) groups is 2. The first kappa shape index (κ1) is 23.7. The Hall–Kier alpha value is -1.98. The molecule has 3 aliphatic rings. The maximum Gasteiger partial charge on any atom is 0.235 e. The van der Waals surface area contributed by atoms with Gasteiger partial charge in [-0.3, -0.25) is 14.5 Å². The zero-order valence-corrected chi connectivity index (χ0v) is 22.1. The predicted molar refractivity (Wildman–Crippen MR) is 139 cm³/mol. The van der Waals surface area contributed by atoms with Crippen LogP contribution < -0.4 is 4.90 Å². The second-order valence-corrected chi connectivity index (χ2v) is 13.4. The molecular formula is C28H33ClN2O2S. The van der Waals surface area contributed by atoms with E-state index in [1.54, 1.807) is 16.7 Å². The molecule has 6 heteroatoms. The molecule has 1 spiro atoms. The summed E-state index contributed by atoms with van der Waals surface area (Å²) < 4.78 is 0. The minimum atomic E-state index is -0.531. The smallest absolute Gasteiger partial charge is 0.235 e. The molecule has 0 aromatic heterocycles. The fraction of sp³-hybridized carbons (Fsp3) is 0.500. The molecule has 34 heavy (non-hydrogen) atoms. The van der Waals surface area contributed by atoms with Gasteiger partial charge in [-0.1, -0.05) is 63.2 Å². The van der Waals surface area contributed by atoms with E-state index in [4.69, 9.17) is 11.6 Å². The van der Waals surface area contributed by atoms with Gasteiger partial charge in [0.2, 0.25) is 11.8 Å². The average Bonchev–Trinajstić information content (AvgIpc) is 2.94. The molecular weight excluding hydrogens is 464 g/mol. The van der Waals surface area contributed by atoms with E-state index in [-0.39, 0.29) is 22.6 Å². The molecule has 0 bridgehead atoms. The Morgan fingerprint density at radius 3 is 2.24 bits per heavy atom. The lowest BCUT2D eigenvalue weighted by Gasteiger charge is -2.49. The van der Waals surface area contributed by atoms with Gasteiger partial charge in [-0.15, -0.1) is 0 Å². The quantitative estimate of drug-likeness (QED) is 0.416. The molecule has 5 rings (SSSR count). The first-order valence-electron chi connectivity index (χ1n) is 12.2. The maximum absolute atomic E-state index is 13.7. The number of rotatable bonds is 4. The second kappa shape index (κ2) is 8.30. The van der Waals surface area contributed by atoms with Crippen LogP contribution in [0.15, 0.2) is 52.3 Å². The number of imide groups is 1. The molecule has 180 valence electrons. The van der Waals surface area contributed by atoms with Crippen molar-refractivity contribution in [2.75, 3.05) is 18.0 Å². The number of carbonyl (C=O) groups excluding carboxylic acids is 2. The summed E-state index contributed by atoms with van der Waals surface area (Å²) in [6, 6.07) is 14.4. The van der Waals surface area contributed by atoms with Gasteiger partial charge < -0.3 is 4.90 Å². The first-order valence-corrected chi connectivity index (χ1v) is 13.4. The van der Waals surface area contributed by atoms with Gasteiger partial charge in [0.1, 0.15) is 0 Å². The molecule has 1 aliphatic carbocycles. The molecule has 4 nitrogen and oxygen atoms in total. The van der Waals surface area contributed by atoms with E-state index in [1.165, 1.54) is 9.79 Å². The summed E-state index contributed by atoms with van der Waals surface area (Å²) in [4.78, 5) is 32.9. The van der Waals surface area contributed by atoms with Gasteiger partial charge in [-0.05, 0) is 66.8 Å². The Morgan fingerprint density at radius 2 is 1.50 bits per heavy atom. The second-order valence-electron chi connectivity index (χ2n) is 11.9. The first-order chi connectivity index (χ1) is 16.0. The van der Waals surface area contributed by atoms with Crippen LogP contribution in [0.5, 0.6) is 0 Å². The highest BCUT2D eigenvalue weighted by Crippen LogP contribution is 2.58. The Balaban J connectivity index is 1.34. The van der Waals surface area contributed by atoms with E-state index in [2.05, 4.69) is 56.9 Å². The highest BCUT2D eigenvalue weighted by Gasteiger charge is 2.58. The normalized spacial score (nSPS) is 22.1. The number of hydrogen-bond donors (Lipinski definition) is 0. The fourth-order valence-corrected chi connectivity index (χ4v) is 8.35. The molecule has 0 N–H and O–H groups in total. The monoisotopic (exact) mass is 496 g/mol. The number of amides is 2. The number of halogens is 1. The van der Waals surface area contributed by atoms with E-state index in [9.17, 15) is 9.59 Å². The molecule has 2 fully saturated rings. The van der Waals surface area contributed by atoms with Crippen LogP contribution in [0.2, 0.25) is 5.02 Å². The van der Waals surface area contributed by atoms with Crippen LogP contribution in [0.1, 0.15) is 59.8 Å². The lowest BCUT2D eigenvalue weighted by molar-refractivity contribution is -0.145. The SMILES string of the molecule is CC1(C)CC(C)(C)CC2(CC(=O)N(CCCN3c4ccccc4Sc4ccc(Cl)cc43)C2=O)C1. The summed E-state index contributed by atoms with van der Waals surface area (Å²) in [7, 11) is 0. The Bertz CT molecular complexity index is 1140. The largest absolute Gasteiger partial charge is 0.340 e. The van der Waals surface area contributed by atoms with E-state index in [0.29, 0.717) is 31.0 Å². The van der Waals surface area contributed by atoms with Crippen molar-refractivity contribution in [3.63, 3.8) is 0 Å². The molecule has 2 heterocycles. The zero-order valence-electron chi connectivity index (χ0n) is 20.5. The molecule has 1 saturated carbocycles. The molecule has 0 unspecified atom stereocenters. The summed E-state index contributed by atoms with van der Waals surface area (Å²) in [5.41, 5.74) is 1.82. The predicted octanol–water partition coefficient (Wildman–Crippen LogP) is 7.31. The number of anilines is 2.